The fourth-order valence-electron chi connectivity index (χ4n) is 2.51. The first kappa shape index (κ1) is 17.2. The van der Waals surface area contributed by atoms with Gasteiger partial charge in [-0.2, -0.15) is 0 Å². The molecule has 3 nitrogen and oxygen atoms in total. The van der Waals surface area contributed by atoms with Gasteiger partial charge in [-0.15, -0.1) is 11.3 Å². The first-order chi connectivity index (χ1) is 11.7. The maximum Gasteiger partial charge on any atom is 0.272 e. The number of benzene rings is 1. The van der Waals surface area contributed by atoms with E-state index in [2.05, 4.69) is 11.9 Å². The van der Waals surface area contributed by atoms with Crippen molar-refractivity contribution >= 4 is 33.3 Å². The third-order valence-electron chi connectivity index (χ3n) is 3.83. The molecule has 126 valence electrons. The molecule has 0 atom stereocenters. The van der Waals surface area contributed by atoms with Gasteiger partial charge in [-0.05, 0) is 29.5 Å². The van der Waals surface area contributed by atoms with Gasteiger partial charge < -0.3 is 0 Å². The van der Waals surface area contributed by atoms with E-state index in [1.54, 1.807) is 16.7 Å². The van der Waals surface area contributed by atoms with Gasteiger partial charge in [0.1, 0.15) is 10.5 Å². The minimum atomic E-state index is -0.221. The van der Waals surface area contributed by atoms with Crippen molar-refractivity contribution in [1.82, 2.24) is 9.55 Å². The second-order valence-corrected chi connectivity index (χ2v) is 7.43. The lowest BCUT2D eigenvalue weighted by molar-refractivity contribution is 0.542. The van der Waals surface area contributed by atoms with Crippen molar-refractivity contribution < 1.29 is 4.39 Å². The van der Waals surface area contributed by atoms with Crippen molar-refractivity contribution in [2.45, 2.75) is 43.6 Å². The van der Waals surface area contributed by atoms with Crippen LogP contribution in [0.15, 0.2) is 45.7 Å². The molecule has 0 aliphatic rings. The number of hydrogen-bond acceptors (Lipinski definition) is 4. The maximum atomic E-state index is 13.8. The molecule has 0 unspecified atom stereocenters. The topological polar surface area (TPSA) is 34.9 Å². The third-order valence-corrected chi connectivity index (χ3v) is 5.75. The van der Waals surface area contributed by atoms with Gasteiger partial charge >= 0.3 is 0 Å². The van der Waals surface area contributed by atoms with Crippen molar-refractivity contribution in [3.05, 3.63) is 57.4 Å². The predicted octanol–water partition coefficient (Wildman–Crippen LogP) is 5.08. The molecular weight excluding hydrogens is 343 g/mol. The van der Waals surface area contributed by atoms with Gasteiger partial charge in [0.05, 0.1) is 5.52 Å². The van der Waals surface area contributed by atoms with E-state index in [0.29, 0.717) is 27.7 Å². The highest BCUT2D eigenvalue weighted by Gasteiger charge is 2.13. The average Bonchev–Trinajstić information content (AvgIpc) is 3.05. The molecule has 3 rings (SSSR count). The average molecular weight is 362 g/mol. The number of halogens is 1. The maximum absolute atomic E-state index is 13.8. The predicted molar refractivity (Wildman–Crippen MR) is 99.4 cm³/mol. The molecule has 0 aliphatic carbocycles. The van der Waals surface area contributed by atoms with E-state index in [4.69, 9.17) is 0 Å². The van der Waals surface area contributed by atoms with Crippen LogP contribution in [0.25, 0.3) is 10.2 Å². The number of hydrogen-bond donors (Lipinski definition) is 0. The van der Waals surface area contributed by atoms with Gasteiger partial charge in [0.25, 0.3) is 5.56 Å². The Hall–Kier alpha value is -1.66. The van der Waals surface area contributed by atoms with Crippen LogP contribution in [-0.2, 0) is 12.3 Å². The summed E-state index contributed by atoms with van der Waals surface area (Å²) < 4.78 is 16.3. The molecule has 2 heterocycles. The van der Waals surface area contributed by atoms with Crippen molar-refractivity contribution in [3.8, 4) is 0 Å². The molecule has 0 spiro atoms. The summed E-state index contributed by atoms with van der Waals surface area (Å²) >= 11 is 2.85. The Balaban J connectivity index is 1.91. The van der Waals surface area contributed by atoms with Gasteiger partial charge in [-0.3, -0.25) is 9.36 Å². The molecule has 0 fully saturated rings. The summed E-state index contributed by atoms with van der Waals surface area (Å²) in [7, 11) is 0. The molecule has 0 saturated heterocycles. The first-order valence-electron chi connectivity index (χ1n) is 8.05. The summed E-state index contributed by atoms with van der Waals surface area (Å²) in [6.07, 6.45) is 3.12. The van der Waals surface area contributed by atoms with Gasteiger partial charge in [0.2, 0.25) is 0 Å². The molecule has 0 aliphatic heterocycles. The van der Waals surface area contributed by atoms with E-state index >= 15 is 0 Å². The first-order valence-corrected chi connectivity index (χ1v) is 9.91. The molecular formula is C18H19FN2OS2. The highest BCUT2D eigenvalue weighted by Crippen LogP contribution is 2.25. The lowest BCUT2D eigenvalue weighted by Crippen LogP contribution is -2.22. The molecule has 2 aromatic heterocycles. The fourth-order valence-corrected chi connectivity index (χ4v) is 4.30. The molecule has 0 saturated carbocycles. The van der Waals surface area contributed by atoms with Gasteiger partial charge in [0.15, 0.2) is 5.16 Å². The number of thiophene rings is 1. The lowest BCUT2D eigenvalue weighted by atomic mass is 10.2. The number of nitrogens with zero attached hydrogens (tertiary/aromatic N) is 2. The van der Waals surface area contributed by atoms with E-state index in [9.17, 15) is 9.18 Å². The van der Waals surface area contributed by atoms with Crippen LogP contribution in [0.1, 0.15) is 31.7 Å². The Morgan fingerprint density at radius 3 is 2.88 bits per heavy atom. The third kappa shape index (κ3) is 3.70. The molecule has 0 bridgehead atoms. The van der Waals surface area contributed by atoms with Gasteiger partial charge in [-0.25, -0.2) is 9.37 Å². The van der Waals surface area contributed by atoms with Crippen LogP contribution in [0, 0.1) is 5.82 Å². The van der Waals surface area contributed by atoms with Crippen molar-refractivity contribution in [3.63, 3.8) is 0 Å². The van der Waals surface area contributed by atoms with Gasteiger partial charge in [0, 0.05) is 12.3 Å². The SMILES string of the molecule is CCCCCn1c(SCc2ccccc2F)nc2ccsc2c1=O. The number of rotatable bonds is 7. The number of thioether (sulfide) groups is 1. The minimum Gasteiger partial charge on any atom is -0.286 e. The van der Waals surface area contributed by atoms with Crippen LogP contribution >= 0.6 is 23.1 Å². The summed E-state index contributed by atoms with van der Waals surface area (Å²) in [4.78, 5) is 17.4. The zero-order valence-corrected chi connectivity index (χ0v) is 15.1. The summed E-state index contributed by atoms with van der Waals surface area (Å²) in [5.74, 6) is 0.240. The van der Waals surface area contributed by atoms with Crippen LogP contribution in [0.3, 0.4) is 0 Å². The van der Waals surface area contributed by atoms with E-state index < -0.39 is 0 Å². The largest absolute Gasteiger partial charge is 0.286 e. The van der Waals surface area contributed by atoms with Crippen LogP contribution in [0.2, 0.25) is 0 Å². The molecule has 3 aromatic rings. The summed E-state index contributed by atoms with van der Waals surface area (Å²) in [6, 6.07) is 8.60. The normalized spacial score (nSPS) is 11.2. The quantitative estimate of drug-likeness (QED) is 0.334. The summed E-state index contributed by atoms with van der Waals surface area (Å²) in [5.41, 5.74) is 1.37. The van der Waals surface area contributed by atoms with Crippen LogP contribution < -0.4 is 5.56 Å². The molecule has 24 heavy (non-hydrogen) atoms. The van der Waals surface area contributed by atoms with Crippen LogP contribution in [-0.4, -0.2) is 9.55 Å². The monoisotopic (exact) mass is 362 g/mol. The molecule has 1 aromatic carbocycles. The van der Waals surface area contributed by atoms with E-state index in [-0.39, 0.29) is 11.4 Å². The lowest BCUT2D eigenvalue weighted by Gasteiger charge is -2.12. The molecule has 0 radical (unpaired) electrons. The fraction of sp³-hybridized carbons (Fsp3) is 0.333. The number of aromatic nitrogens is 2. The second-order valence-electron chi connectivity index (χ2n) is 5.57. The van der Waals surface area contributed by atoms with E-state index in [1.165, 1.54) is 29.2 Å². The molecule has 6 heteroatoms. The Bertz CT molecular complexity index is 888. The Kier molecular flexibility index (Phi) is 5.68. The summed E-state index contributed by atoms with van der Waals surface area (Å²) in [5, 5.41) is 2.56. The highest BCUT2D eigenvalue weighted by molar-refractivity contribution is 7.98. The number of unbranched alkanes of at least 4 members (excludes halogenated alkanes) is 2. The Labute approximate surface area is 148 Å². The van der Waals surface area contributed by atoms with Crippen molar-refractivity contribution in [1.29, 1.82) is 0 Å². The van der Waals surface area contributed by atoms with Crippen LogP contribution in [0.5, 0.6) is 0 Å². The van der Waals surface area contributed by atoms with E-state index in [1.807, 2.05) is 17.5 Å². The zero-order valence-electron chi connectivity index (χ0n) is 13.5. The second kappa shape index (κ2) is 7.94. The minimum absolute atomic E-state index is 0.0159. The Morgan fingerprint density at radius 2 is 2.08 bits per heavy atom. The van der Waals surface area contributed by atoms with Crippen molar-refractivity contribution in [2.24, 2.45) is 0 Å². The smallest absolute Gasteiger partial charge is 0.272 e. The summed E-state index contributed by atoms with van der Waals surface area (Å²) in [6.45, 7) is 2.80. The Morgan fingerprint density at radius 1 is 1.25 bits per heavy atom. The van der Waals surface area contributed by atoms with Gasteiger partial charge in [-0.1, -0.05) is 49.7 Å². The van der Waals surface area contributed by atoms with E-state index in [0.717, 1.165) is 24.8 Å². The molecule has 0 amide bonds. The standard InChI is InChI=1S/C18H19FN2OS2/c1-2-3-6-10-21-17(22)16-15(9-11-23-16)20-18(21)24-12-13-7-4-5-8-14(13)19/h4-5,7-9,11H,2-3,6,10,12H2,1H3. The van der Waals surface area contributed by atoms with Crippen molar-refractivity contribution in [2.75, 3.05) is 0 Å². The highest BCUT2D eigenvalue weighted by atomic mass is 32.2. The van der Waals surface area contributed by atoms with Crippen LogP contribution in [0.4, 0.5) is 4.39 Å². The number of fused-ring (bicyclic) bond motifs is 1. The molecule has 0 N–H and O–H groups in total. The zero-order chi connectivity index (χ0) is 16.9.